The summed E-state index contributed by atoms with van der Waals surface area (Å²) in [7, 11) is 0. The van der Waals surface area contributed by atoms with Gasteiger partial charge in [-0.3, -0.25) is 0 Å². The summed E-state index contributed by atoms with van der Waals surface area (Å²) in [5, 5.41) is 0. The van der Waals surface area contributed by atoms with Crippen molar-refractivity contribution in [1.82, 2.24) is 0 Å². The van der Waals surface area contributed by atoms with Crippen molar-refractivity contribution < 1.29 is 4.74 Å². The molecule has 2 aromatic carbocycles. The molecular formula is C26H38O. The normalized spacial score (nSPS) is 12.3. The van der Waals surface area contributed by atoms with Gasteiger partial charge < -0.3 is 4.74 Å². The van der Waals surface area contributed by atoms with Gasteiger partial charge in [0.2, 0.25) is 0 Å². The summed E-state index contributed by atoms with van der Waals surface area (Å²) in [6.45, 7) is 18.1. The van der Waals surface area contributed by atoms with E-state index in [0.29, 0.717) is 0 Å². The Balaban J connectivity index is 2.43. The summed E-state index contributed by atoms with van der Waals surface area (Å²) < 4.78 is 6.48. The van der Waals surface area contributed by atoms with Crippen molar-refractivity contribution in [3.8, 4) is 11.5 Å². The molecule has 0 saturated carbocycles. The van der Waals surface area contributed by atoms with Crippen LogP contribution in [-0.2, 0) is 23.7 Å². The number of aryl methyl sites for hydroxylation is 2. The quantitative estimate of drug-likeness (QED) is 0.503. The smallest absolute Gasteiger partial charge is 0.130 e. The van der Waals surface area contributed by atoms with E-state index in [1.807, 2.05) is 0 Å². The van der Waals surface area contributed by atoms with Gasteiger partial charge in [-0.15, -0.1) is 0 Å². The first-order valence-electron chi connectivity index (χ1n) is 10.5. The van der Waals surface area contributed by atoms with Gasteiger partial charge in [-0.05, 0) is 58.1 Å². The van der Waals surface area contributed by atoms with Gasteiger partial charge in [-0.25, -0.2) is 0 Å². The lowest BCUT2D eigenvalue weighted by molar-refractivity contribution is 0.466. The molecule has 1 nitrogen and oxygen atoms in total. The molecule has 148 valence electrons. The van der Waals surface area contributed by atoms with Crippen LogP contribution < -0.4 is 4.74 Å². The molecule has 0 fully saturated rings. The van der Waals surface area contributed by atoms with Crippen LogP contribution in [0.25, 0.3) is 0 Å². The zero-order chi connectivity index (χ0) is 20.2. The van der Waals surface area contributed by atoms with E-state index in [1.165, 1.54) is 22.3 Å². The fourth-order valence-electron chi connectivity index (χ4n) is 3.34. The van der Waals surface area contributed by atoms with E-state index in [4.69, 9.17) is 4.74 Å². The first kappa shape index (κ1) is 21.5. The third-order valence-electron chi connectivity index (χ3n) is 5.11. The van der Waals surface area contributed by atoms with Crippen molar-refractivity contribution >= 4 is 0 Å². The number of hydrogen-bond donors (Lipinski definition) is 0. The lowest BCUT2D eigenvalue weighted by Gasteiger charge is -2.23. The lowest BCUT2D eigenvalue weighted by Crippen LogP contribution is -2.12. The number of rotatable bonds is 6. The Morgan fingerprint density at radius 2 is 1.00 bits per heavy atom. The molecule has 0 aliphatic carbocycles. The number of ether oxygens (including phenoxy) is 1. The van der Waals surface area contributed by atoms with E-state index in [2.05, 4.69) is 91.8 Å². The summed E-state index contributed by atoms with van der Waals surface area (Å²) in [6, 6.07) is 13.4. The minimum absolute atomic E-state index is 0.156. The van der Waals surface area contributed by atoms with Crippen LogP contribution in [0.4, 0.5) is 0 Å². The van der Waals surface area contributed by atoms with Gasteiger partial charge in [0, 0.05) is 0 Å². The van der Waals surface area contributed by atoms with Crippen LogP contribution in [0.5, 0.6) is 11.5 Å². The van der Waals surface area contributed by atoms with E-state index in [1.54, 1.807) is 0 Å². The van der Waals surface area contributed by atoms with E-state index in [0.717, 1.165) is 37.2 Å². The zero-order valence-electron chi connectivity index (χ0n) is 18.7. The van der Waals surface area contributed by atoms with Crippen LogP contribution in [0.15, 0.2) is 36.4 Å². The lowest BCUT2D eigenvalue weighted by atomic mass is 9.85. The van der Waals surface area contributed by atoms with Gasteiger partial charge in [0.15, 0.2) is 0 Å². The van der Waals surface area contributed by atoms with Gasteiger partial charge in [-0.2, -0.15) is 0 Å². The molecule has 0 aromatic heterocycles. The standard InChI is InChI=1S/C26H38O/c1-9-11-19-17-21(25(3,4)5)13-15-23(19)27-24-16-14-22(26(6,7)8)18-20(24)12-10-2/h13-18H,9-12H2,1-8H3. The van der Waals surface area contributed by atoms with Crippen molar-refractivity contribution in [3.05, 3.63) is 58.7 Å². The molecule has 1 heteroatoms. The first-order valence-corrected chi connectivity index (χ1v) is 10.5. The van der Waals surface area contributed by atoms with Gasteiger partial charge in [0.25, 0.3) is 0 Å². The molecule has 0 heterocycles. The second-order valence-electron chi connectivity index (χ2n) is 9.75. The van der Waals surface area contributed by atoms with Gasteiger partial charge in [-0.1, -0.05) is 92.5 Å². The summed E-state index contributed by atoms with van der Waals surface area (Å²) in [6.07, 6.45) is 4.33. The monoisotopic (exact) mass is 366 g/mol. The summed E-state index contributed by atoms with van der Waals surface area (Å²) in [4.78, 5) is 0. The Kier molecular flexibility index (Phi) is 6.78. The van der Waals surface area contributed by atoms with Crippen molar-refractivity contribution in [2.45, 2.75) is 91.9 Å². The van der Waals surface area contributed by atoms with Crippen LogP contribution in [0, 0.1) is 0 Å². The minimum atomic E-state index is 0.156. The molecule has 0 aliphatic heterocycles. The molecule has 0 amide bonds. The molecule has 27 heavy (non-hydrogen) atoms. The molecule has 0 N–H and O–H groups in total. The van der Waals surface area contributed by atoms with Gasteiger partial charge in [0.1, 0.15) is 11.5 Å². The topological polar surface area (TPSA) is 9.23 Å². The van der Waals surface area contributed by atoms with E-state index in [9.17, 15) is 0 Å². The Morgan fingerprint density at radius 1 is 0.630 bits per heavy atom. The Hall–Kier alpha value is -1.76. The maximum Gasteiger partial charge on any atom is 0.130 e. The molecule has 0 aliphatic rings. The van der Waals surface area contributed by atoms with E-state index < -0.39 is 0 Å². The second kappa shape index (κ2) is 8.50. The number of benzene rings is 2. The predicted molar refractivity (Wildman–Crippen MR) is 118 cm³/mol. The highest BCUT2D eigenvalue weighted by atomic mass is 16.5. The zero-order valence-corrected chi connectivity index (χ0v) is 18.7. The third kappa shape index (κ3) is 5.61. The maximum absolute atomic E-state index is 6.48. The summed E-state index contributed by atoms with van der Waals surface area (Å²) in [5.41, 5.74) is 5.68. The molecule has 0 atom stereocenters. The van der Waals surface area contributed by atoms with Crippen molar-refractivity contribution in [2.75, 3.05) is 0 Å². The highest BCUT2D eigenvalue weighted by molar-refractivity contribution is 5.46. The van der Waals surface area contributed by atoms with Crippen molar-refractivity contribution in [2.24, 2.45) is 0 Å². The minimum Gasteiger partial charge on any atom is -0.457 e. The molecule has 0 unspecified atom stereocenters. The SMILES string of the molecule is CCCc1cc(C(C)(C)C)ccc1Oc1ccc(C(C)(C)C)cc1CCC. The Morgan fingerprint density at radius 3 is 1.30 bits per heavy atom. The van der Waals surface area contributed by atoms with E-state index >= 15 is 0 Å². The Bertz CT molecular complexity index is 691. The largest absolute Gasteiger partial charge is 0.457 e. The van der Waals surface area contributed by atoms with Crippen LogP contribution in [0.1, 0.15) is 90.5 Å². The second-order valence-corrected chi connectivity index (χ2v) is 9.75. The average molecular weight is 367 g/mol. The summed E-state index contributed by atoms with van der Waals surface area (Å²) in [5.74, 6) is 2.01. The predicted octanol–water partition coefficient (Wildman–Crippen LogP) is 7.98. The fourth-order valence-corrected chi connectivity index (χ4v) is 3.34. The molecule has 0 radical (unpaired) electrons. The molecule has 2 aromatic rings. The maximum atomic E-state index is 6.48. The van der Waals surface area contributed by atoms with Crippen molar-refractivity contribution in [3.63, 3.8) is 0 Å². The van der Waals surface area contributed by atoms with Crippen LogP contribution in [-0.4, -0.2) is 0 Å². The fraction of sp³-hybridized carbons (Fsp3) is 0.538. The summed E-state index contributed by atoms with van der Waals surface area (Å²) >= 11 is 0. The molecule has 0 spiro atoms. The third-order valence-corrected chi connectivity index (χ3v) is 5.11. The number of hydrogen-bond acceptors (Lipinski definition) is 1. The first-order chi connectivity index (χ1) is 12.6. The highest BCUT2D eigenvalue weighted by Crippen LogP contribution is 2.35. The molecule has 2 rings (SSSR count). The van der Waals surface area contributed by atoms with Crippen LogP contribution >= 0.6 is 0 Å². The van der Waals surface area contributed by atoms with Crippen molar-refractivity contribution in [1.29, 1.82) is 0 Å². The molecular weight excluding hydrogens is 328 g/mol. The highest BCUT2D eigenvalue weighted by Gasteiger charge is 2.18. The Labute approximate surface area is 167 Å². The van der Waals surface area contributed by atoms with Crippen LogP contribution in [0.3, 0.4) is 0 Å². The van der Waals surface area contributed by atoms with Gasteiger partial charge >= 0.3 is 0 Å². The molecule has 0 bridgehead atoms. The molecule has 0 saturated heterocycles. The van der Waals surface area contributed by atoms with Gasteiger partial charge in [0.05, 0.1) is 0 Å². The van der Waals surface area contributed by atoms with E-state index in [-0.39, 0.29) is 10.8 Å². The van der Waals surface area contributed by atoms with Crippen LogP contribution in [0.2, 0.25) is 0 Å². The average Bonchev–Trinajstić information content (AvgIpc) is 2.56.